The van der Waals surface area contributed by atoms with Gasteiger partial charge in [-0.1, -0.05) is 12.1 Å². The van der Waals surface area contributed by atoms with E-state index in [0.29, 0.717) is 11.9 Å². The van der Waals surface area contributed by atoms with E-state index >= 15 is 0 Å². The Morgan fingerprint density at radius 3 is 2.81 bits per heavy atom. The van der Waals surface area contributed by atoms with Crippen LogP contribution in [0.4, 0.5) is 5.82 Å². The third-order valence-electron chi connectivity index (χ3n) is 3.30. The highest BCUT2D eigenvalue weighted by atomic mass is 15.3. The van der Waals surface area contributed by atoms with E-state index in [9.17, 15) is 0 Å². The van der Waals surface area contributed by atoms with E-state index in [2.05, 4.69) is 21.2 Å². The number of hydrogen-bond donors (Lipinski definition) is 2. The zero-order chi connectivity index (χ0) is 11.0. The highest BCUT2D eigenvalue weighted by Crippen LogP contribution is 2.27. The molecule has 0 bridgehead atoms. The summed E-state index contributed by atoms with van der Waals surface area (Å²) in [6, 6.07) is 8.67. The summed E-state index contributed by atoms with van der Waals surface area (Å²) in [4.78, 5) is 0. The van der Waals surface area contributed by atoms with Gasteiger partial charge in [0.1, 0.15) is 0 Å². The van der Waals surface area contributed by atoms with E-state index in [4.69, 9.17) is 5.73 Å². The van der Waals surface area contributed by atoms with E-state index in [1.165, 1.54) is 0 Å². The molecule has 0 aliphatic carbocycles. The SMILES string of the molecule is Nc1nn(C2CCNCC2)c2ccccc12. The van der Waals surface area contributed by atoms with Crippen LogP contribution in [0.5, 0.6) is 0 Å². The van der Waals surface area contributed by atoms with Crippen LogP contribution in [-0.4, -0.2) is 22.9 Å². The summed E-state index contributed by atoms with van der Waals surface area (Å²) in [5.74, 6) is 0.647. The van der Waals surface area contributed by atoms with Crippen LogP contribution in [0.15, 0.2) is 24.3 Å². The number of hydrogen-bond acceptors (Lipinski definition) is 3. The molecule has 1 fully saturated rings. The lowest BCUT2D eigenvalue weighted by molar-refractivity contribution is 0.352. The highest BCUT2D eigenvalue weighted by molar-refractivity contribution is 5.89. The van der Waals surface area contributed by atoms with Gasteiger partial charge in [0.15, 0.2) is 5.82 Å². The quantitative estimate of drug-likeness (QED) is 0.760. The van der Waals surface area contributed by atoms with E-state index in [0.717, 1.165) is 36.8 Å². The molecule has 1 aliphatic rings. The molecule has 0 unspecified atom stereocenters. The van der Waals surface area contributed by atoms with E-state index in [1.807, 2.05) is 18.2 Å². The van der Waals surface area contributed by atoms with Gasteiger partial charge in [-0.15, -0.1) is 0 Å². The molecular formula is C12H16N4. The van der Waals surface area contributed by atoms with Gasteiger partial charge in [0.25, 0.3) is 0 Å². The van der Waals surface area contributed by atoms with Crippen LogP contribution < -0.4 is 11.1 Å². The van der Waals surface area contributed by atoms with Crippen LogP contribution in [0.1, 0.15) is 18.9 Å². The number of nitrogens with two attached hydrogens (primary N) is 1. The van der Waals surface area contributed by atoms with E-state index in [-0.39, 0.29) is 0 Å². The van der Waals surface area contributed by atoms with Crippen molar-refractivity contribution in [2.24, 2.45) is 0 Å². The lowest BCUT2D eigenvalue weighted by Gasteiger charge is -2.23. The number of benzene rings is 1. The fourth-order valence-corrected chi connectivity index (χ4v) is 2.44. The van der Waals surface area contributed by atoms with Crippen LogP contribution in [0.25, 0.3) is 10.9 Å². The number of nitrogen functional groups attached to an aromatic ring is 1. The van der Waals surface area contributed by atoms with Crippen LogP contribution in [0.2, 0.25) is 0 Å². The number of anilines is 1. The Kier molecular flexibility index (Phi) is 2.29. The van der Waals surface area contributed by atoms with Crippen molar-refractivity contribution < 1.29 is 0 Å². The molecule has 4 heteroatoms. The number of piperidine rings is 1. The minimum absolute atomic E-state index is 0.489. The fourth-order valence-electron chi connectivity index (χ4n) is 2.44. The van der Waals surface area contributed by atoms with E-state index in [1.54, 1.807) is 0 Å². The van der Waals surface area contributed by atoms with Crippen LogP contribution in [0, 0.1) is 0 Å². The predicted molar refractivity (Wildman–Crippen MR) is 65.3 cm³/mol. The van der Waals surface area contributed by atoms with Crippen molar-refractivity contribution in [1.29, 1.82) is 0 Å². The molecule has 1 aromatic heterocycles. The van der Waals surface area contributed by atoms with Crippen molar-refractivity contribution in [1.82, 2.24) is 15.1 Å². The van der Waals surface area contributed by atoms with Crippen molar-refractivity contribution in [3.63, 3.8) is 0 Å². The van der Waals surface area contributed by atoms with Gasteiger partial charge >= 0.3 is 0 Å². The Labute approximate surface area is 94.4 Å². The lowest BCUT2D eigenvalue weighted by atomic mass is 10.1. The summed E-state index contributed by atoms with van der Waals surface area (Å²) in [5, 5.41) is 8.92. The molecule has 2 aromatic rings. The first-order valence-electron chi connectivity index (χ1n) is 5.80. The lowest BCUT2D eigenvalue weighted by Crippen LogP contribution is -2.29. The van der Waals surface area contributed by atoms with Gasteiger partial charge in [-0.2, -0.15) is 5.10 Å². The molecule has 3 rings (SSSR count). The summed E-state index contributed by atoms with van der Waals surface area (Å²) in [6.07, 6.45) is 2.26. The fraction of sp³-hybridized carbons (Fsp3) is 0.417. The van der Waals surface area contributed by atoms with Crippen molar-refractivity contribution in [2.45, 2.75) is 18.9 Å². The van der Waals surface area contributed by atoms with Gasteiger partial charge in [0.2, 0.25) is 0 Å². The molecule has 1 aliphatic heterocycles. The molecule has 3 N–H and O–H groups in total. The minimum Gasteiger partial charge on any atom is -0.382 e. The summed E-state index contributed by atoms with van der Waals surface area (Å²) >= 11 is 0. The molecule has 2 heterocycles. The highest BCUT2D eigenvalue weighted by Gasteiger charge is 2.18. The third-order valence-corrected chi connectivity index (χ3v) is 3.30. The Balaban J connectivity index is 2.08. The normalized spacial score (nSPS) is 18.0. The second kappa shape index (κ2) is 3.79. The van der Waals surface area contributed by atoms with Crippen molar-refractivity contribution in [2.75, 3.05) is 18.8 Å². The number of rotatable bonds is 1. The first-order chi connectivity index (χ1) is 7.86. The molecule has 4 nitrogen and oxygen atoms in total. The Morgan fingerprint density at radius 1 is 1.25 bits per heavy atom. The summed E-state index contributed by atoms with van der Waals surface area (Å²) < 4.78 is 2.10. The molecule has 0 radical (unpaired) electrons. The molecule has 0 amide bonds. The number of nitrogens with zero attached hydrogens (tertiary/aromatic N) is 2. The van der Waals surface area contributed by atoms with Crippen LogP contribution >= 0.6 is 0 Å². The molecule has 16 heavy (non-hydrogen) atoms. The standard InChI is InChI=1S/C12H16N4/c13-12-10-3-1-2-4-11(10)16(15-12)9-5-7-14-8-6-9/h1-4,9,14H,5-8H2,(H2,13,15). The number of para-hydroxylation sites is 1. The molecule has 84 valence electrons. The minimum atomic E-state index is 0.489. The molecular weight excluding hydrogens is 200 g/mol. The van der Waals surface area contributed by atoms with E-state index < -0.39 is 0 Å². The van der Waals surface area contributed by atoms with Crippen LogP contribution in [0.3, 0.4) is 0 Å². The predicted octanol–water partition coefficient (Wildman–Crippen LogP) is 1.54. The maximum atomic E-state index is 5.94. The Morgan fingerprint density at radius 2 is 2.00 bits per heavy atom. The molecule has 0 spiro atoms. The first-order valence-corrected chi connectivity index (χ1v) is 5.80. The van der Waals surface area contributed by atoms with Gasteiger partial charge in [0.05, 0.1) is 11.6 Å². The second-order valence-electron chi connectivity index (χ2n) is 4.33. The van der Waals surface area contributed by atoms with Crippen molar-refractivity contribution >= 4 is 16.7 Å². The Bertz CT molecular complexity index is 497. The average molecular weight is 216 g/mol. The maximum absolute atomic E-state index is 5.94. The molecule has 0 saturated carbocycles. The summed E-state index contributed by atoms with van der Waals surface area (Å²) in [5.41, 5.74) is 7.10. The zero-order valence-corrected chi connectivity index (χ0v) is 9.19. The monoisotopic (exact) mass is 216 g/mol. The van der Waals surface area contributed by atoms with Gasteiger partial charge in [0, 0.05) is 5.39 Å². The largest absolute Gasteiger partial charge is 0.382 e. The summed E-state index contributed by atoms with van der Waals surface area (Å²) in [7, 11) is 0. The van der Waals surface area contributed by atoms with Gasteiger partial charge in [-0.25, -0.2) is 0 Å². The van der Waals surface area contributed by atoms with Gasteiger partial charge < -0.3 is 11.1 Å². The smallest absolute Gasteiger partial charge is 0.153 e. The third kappa shape index (κ3) is 1.46. The number of nitrogens with one attached hydrogen (secondary N) is 1. The molecule has 1 saturated heterocycles. The molecule has 1 aromatic carbocycles. The topological polar surface area (TPSA) is 55.9 Å². The van der Waals surface area contributed by atoms with Crippen molar-refractivity contribution in [3.05, 3.63) is 24.3 Å². The molecule has 0 atom stereocenters. The first kappa shape index (κ1) is 9.66. The second-order valence-corrected chi connectivity index (χ2v) is 4.33. The number of aromatic nitrogens is 2. The van der Waals surface area contributed by atoms with Crippen molar-refractivity contribution in [3.8, 4) is 0 Å². The maximum Gasteiger partial charge on any atom is 0.153 e. The van der Waals surface area contributed by atoms with Crippen LogP contribution in [-0.2, 0) is 0 Å². The zero-order valence-electron chi connectivity index (χ0n) is 9.19. The summed E-state index contributed by atoms with van der Waals surface area (Å²) in [6.45, 7) is 2.14. The van der Waals surface area contributed by atoms with Gasteiger partial charge in [-0.3, -0.25) is 4.68 Å². The number of fused-ring (bicyclic) bond motifs is 1. The van der Waals surface area contributed by atoms with Gasteiger partial charge in [-0.05, 0) is 38.1 Å². The Hall–Kier alpha value is -1.55. The average Bonchev–Trinajstić information content (AvgIpc) is 2.69.